The van der Waals surface area contributed by atoms with Crippen molar-refractivity contribution in [1.82, 2.24) is 14.8 Å². The van der Waals surface area contributed by atoms with Crippen LogP contribution in [0.2, 0.25) is 0 Å². The smallest absolute Gasteiger partial charge is 0.226 e. The minimum Gasteiger partial charge on any atom is -0.480 e. The number of hydrogen-bond donors (Lipinski definition) is 1. The number of benzene rings is 2. The van der Waals surface area contributed by atoms with Gasteiger partial charge < -0.3 is 10.1 Å². The number of rotatable bonds is 2. The summed E-state index contributed by atoms with van der Waals surface area (Å²) in [5.41, 5.74) is 5.68. The summed E-state index contributed by atoms with van der Waals surface area (Å²) in [7, 11) is 0. The number of nitrogens with zero attached hydrogens (tertiary/aromatic N) is 3. The number of fused-ring (bicyclic) bond motifs is 3. The van der Waals surface area contributed by atoms with E-state index in [1.807, 2.05) is 22.9 Å². The summed E-state index contributed by atoms with van der Waals surface area (Å²) in [5, 5.41) is 10.2. The van der Waals surface area contributed by atoms with E-state index in [4.69, 9.17) is 4.74 Å². The Kier molecular flexibility index (Phi) is 3.61. The van der Waals surface area contributed by atoms with Gasteiger partial charge in [0.15, 0.2) is 6.10 Å². The van der Waals surface area contributed by atoms with Gasteiger partial charge in [0.05, 0.1) is 5.70 Å². The minimum atomic E-state index is -0.184. The van der Waals surface area contributed by atoms with Crippen molar-refractivity contribution in [2.75, 3.05) is 5.32 Å². The second kappa shape index (κ2) is 6.32. The van der Waals surface area contributed by atoms with Crippen molar-refractivity contribution in [1.29, 1.82) is 0 Å². The summed E-state index contributed by atoms with van der Waals surface area (Å²) in [6.45, 7) is 2.10. The molecule has 4 heterocycles. The molecule has 6 heteroatoms. The lowest BCUT2D eigenvalue weighted by Gasteiger charge is -2.38. The molecule has 0 saturated heterocycles. The maximum atomic E-state index is 6.56. The molecule has 0 spiro atoms. The van der Waals surface area contributed by atoms with Gasteiger partial charge in [-0.15, -0.1) is 11.3 Å². The number of para-hydroxylation sites is 1. The molecule has 0 fully saturated rings. The highest BCUT2D eigenvalue weighted by molar-refractivity contribution is 7.10. The highest BCUT2D eigenvalue weighted by atomic mass is 32.1. The third kappa shape index (κ3) is 2.53. The molecule has 29 heavy (non-hydrogen) atoms. The first-order valence-electron chi connectivity index (χ1n) is 9.56. The highest BCUT2D eigenvalue weighted by Gasteiger charge is 2.41. The van der Waals surface area contributed by atoms with E-state index in [1.165, 1.54) is 16.0 Å². The average molecular weight is 398 g/mol. The number of hydrogen-bond acceptors (Lipinski definition) is 5. The van der Waals surface area contributed by atoms with Gasteiger partial charge in [-0.25, -0.2) is 4.68 Å². The fourth-order valence-electron chi connectivity index (χ4n) is 4.17. The first-order valence-corrected chi connectivity index (χ1v) is 10.4. The first-order chi connectivity index (χ1) is 14.3. The van der Waals surface area contributed by atoms with E-state index in [0.29, 0.717) is 0 Å². The van der Waals surface area contributed by atoms with E-state index >= 15 is 0 Å². The molecule has 2 aliphatic heterocycles. The predicted molar refractivity (Wildman–Crippen MR) is 114 cm³/mol. The zero-order valence-electron chi connectivity index (χ0n) is 15.7. The van der Waals surface area contributed by atoms with Crippen molar-refractivity contribution in [2.45, 2.75) is 19.1 Å². The topological polar surface area (TPSA) is 52.0 Å². The molecule has 6 rings (SSSR count). The zero-order valence-corrected chi connectivity index (χ0v) is 16.6. The molecule has 0 bridgehead atoms. The first kappa shape index (κ1) is 16.6. The van der Waals surface area contributed by atoms with Crippen LogP contribution in [0.4, 0.5) is 5.95 Å². The molecule has 2 atom stereocenters. The summed E-state index contributed by atoms with van der Waals surface area (Å²) in [5.74, 6) is 1.63. The molecular weight excluding hydrogens is 380 g/mol. The molecular formula is C23H18N4OS. The maximum absolute atomic E-state index is 6.56. The van der Waals surface area contributed by atoms with Gasteiger partial charge in [0.25, 0.3) is 0 Å². The lowest BCUT2D eigenvalue weighted by atomic mass is 9.86. The molecule has 5 nitrogen and oxygen atoms in total. The summed E-state index contributed by atoms with van der Waals surface area (Å²) in [6, 6.07) is 20.9. The van der Waals surface area contributed by atoms with Crippen molar-refractivity contribution in [3.05, 3.63) is 99.5 Å². The second-order valence-electron chi connectivity index (χ2n) is 7.31. The largest absolute Gasteiger partial charge is 0.480 e. The van der Waals surface area contributed by atoms with Gasteiger partial charge in [-0.2, -0.15) is 10.1 Å². The Bertz CT molecular complexity index is 1220. The Labute approximate surface area is 172 Å². The average Bonchev–Trinajstić information content (AvgIpc) is 3.44. The summed E-state index contributed by atoms with van der Waals surface area (Å²) in [4.78, 5) is 5.65. The number of ether oxygens (including phenoxy) is 1. The second-order valence-corrected chi connectivity index (χ2v) is 8.29. The van der Waals surface area contributed by atoms with Crippen molar-refractivity contribution in [3.63, 3.8) is 0 Å². The van der Waals surface area contributed by atoms with E-state index in [1.54, 1.807) is 17.7 Å². The molecule has 0 amide bonds. The normalized spacial score (nSPS) is 19.6. The van der Waals surface area contributed by atoms with Crippen LogP contribution in [0.3, 0.4) is 0 Å². The van der Waals surface area contributed by atoms with Gasteiger partial charge in [-0.3, -0.25) is 0 Å². The van der Waals surface area contributed by atoms with Gasteiger partial charge >= 0.3 is 0 Å². The van der Waals surface area contributed by atoms with Crippen molar-refractivity contribution in [3.8, 4) is 5.75 Å². The van der Waals surface area contributed by atoms with Crippen LogP contribution in [-0.4, -0.2) is 14.8 Å². The Morgan fingerprint density at radius 3 is 2.72 bits per heavy atom. The SMILES string of the molecule is Cc1ccc([C@H]2C3=C(Nc4ncnn42)c2ccccc2O[C@@H]3c2cccs2)cc1. The monoisotopic (exact) mass is 398 g/mol. The van der Waals surface area contributed by atoms with Gasteiger partial charge in [0.2, 0.25) is 5.95 Å². The number of thiophene rings is 1. The lowest BCUT2D eigenvalue weighted by Crippen LogP contribution is -2.32. The van der Waals surface area contributed by atoms with E-state index in [2.05, 4.69) is 70.2 Å². The molecule has 0 saturated carbocycles. The molecule has 2 aromatic carbocycles. The summed E-state index contributed by atoms with van der Waals surface area (Å²) < 4.78 is 8.52. The number of anilines is 1. The van der Waals surface area contributed by atoms with E-state index < -0.39 is 0 Å². The van der Waals surface area contributed by atoms with Gasteiger partial charge in [0.1, 0.15) is 18.1 Å². The van der Waals surface area contributed by atoms with Crippen LogP contribution in [0, 0.1) is 6.92 Å². The number of nitrogens with one attached hydrogen (secondary N) is 1. The Morgan fingerprint density at radius 1 is 1.03 bits per heavy atom. The van der Waals surface area contributed by atoms with Crippen LogP contribution in [-0.2, 0) is 0 Å². The number of aromatic nitrogens is 3. The fourth-order valence-corrected chi connectivity index (χ4v) is 4.94. The van der Waals surface area contributed by atoms with Crippen LogP contribution >= 0.6 is 11.3 Å². The zero-order chi connectivity index (χ0) is 19.4. The van der Waals surface area contributed by atoms with Crippen molar-refractivity contribution < 1.29 is 4.74 Å². The molecule has 0 unspecified atom stereocenters. The lowest BCUT2D eigenvalue weighted by molar-refractivity contribution is 0.226. The molecule has 0 aliphatic carbocycles. The van der Waals surface area contributed by atoms with Crippen LogP contribution in [0.1, 0.15) is 33.7 Å². The van der Waals surface area contributed by atoms with Gasteiger partial charge in [0, 0.05) is 16.0 Å². The third-order valence-corrected chi connectivity index (χ3v) is 6.43. The Morgan fingerprint density at radius 2 is 1.90 bits per heavy atom. The highest BCUT2D eigenvalue weighted by Crippen LogP contribution is 2.51. The minimum absolute atomic E-state index is 0.0928. The van der Waals surface area contributed by atoms with Crippen LogP contribution < -0.4 is 10.1 Å². The maximum Gasteiger partial charge on any atom is 0.226 e. The Hall–Kier alpha value is -3.38. The van der Waals surface area contributed by atoms with E-state index in [9.17, 15) is 0 Å². The van der Waals surface area contributed by atoms with Crippen LogP contribution in [0.15, 0.2) is 77.9 Å². The summed E-state index contributed by atoms with van der Waals surface area (Å²) >= 11 is 1.71. The summed E-state index contributed by atoms with van der Waals surface area (Å²) in [6.07, 6.45) is 1.42. The number of aryl methyl sites for hydroxylation is 1. The van der Waals surface area contributed by atoms with Gasteiger partial charge in [-0.1, -0.05) is 48.0 Å². The van der Waals surface area contributed by atoms with Gasteiger partial charge in [-0.05, 0) is 36.1 Å². The van der Waals surface area contributed by atoms with Crippen molar-refractivity contribution in [2.24, 2.45) is 0 Å². The standard InChI is InChI=1S/C23H18N4OS/c1-14-8-10-15(11-9-14)21-19-20(26-23-24-13-25-27(21)23)16-5-2-3-6-17(16)28-22(19)18-7-4-12-29-18/h2-13,21-22H,1H3,(H,24,25,26)/t21-,22+/m0/s1. The molecule has 4 aromatic rings. The molecule has 0 radical (unpaired) electrons. The van der Waals surface area contributed by atoms with Crippen LogP contribution in [0.25, 0.3) is 5.70 Å². The molecule has 2 aliphatic rings. The van der Waals surface area contributed by atoms with E-state index in [-0.39, 0.29) is 12.1 Å². The third-order valence-electron chi connectivity index (χ3n) is 5.52. The van der Waals surface area contributed by atoms with Crippen LogP contribution in [0.5, 0.6) is 5.75 Å². The van der Waals surface area contributed by atoms with E-state index in [0.717, 1.165) is 28.5 Å². The Balaban J connectivity index is 1.64. The molecule has 1 N–H and O–H groups in total. The molecule has 142 valence electrons. The predicted octanol–water partition coefficient (Wildman–Crippen LogP) is 5.21. The quantitative estimate of drug-likeness (QED) is 0.504. The van der Waals surface area contributed by atoms with Crippen molar-refractivity contribution >= 4 is 23.0 Å². The fraction of sp³-hybridized carbons (Fsp3) is 0.130. The molecule has 2 aromatic heterocycles.